The van der Waals surface area contributed by atoms with Gasteiger partial charge in [-0.15, -0.1) is 0 Å². The Balaban J connectivity index is 1.36. The standard InChI is InChI=1S/C32H39NO10/c1-33-21-16-22(42-29(34)10-8-19-12-25(36-2)31(40-6)26(13-19)37-3)18-23(33)24(17-21)43-30(35)11-9-20-14-27(38-4)32(41-7)28(15-20)39-5/h8-15,21-24H,16-18H2,1-7H3/b10-8+,11-9+/t21-,22+,23+,24+/m1/s1. The third kappa shape index (κ3) is 7.16. The van der Waals surface area contributed by atoms with Crippen LogP contribution in [0.3, 0.4) is 0 Å². The fourth-order valence-electron chi connectivity index (χ4n) is 5.71. The third-order valence-electron chi connectivity index (χ3n) is 7.82. The molecule has 0 amide bonds. The van der Waals surface area contributed by atoms with Crippen LogP contribution in [-0.2, 0) is 19.1 Å². The zero-order chi connectivity index (χ0) is 31.1. The van der Waals surface area contributed by atoms with E-state index in [0.717, 1.165) is 0 Å². The lowest BCUT2D eigenvalue weighted by atomic mass is 10.0. The lowest BCUT2D eigenvalue weighted by Crippen LogP contribution is -2.45. The van der Waals surface area contributed by atoms with E-state index in [-0.39, 0.29) is 24.3 Å². The van der Waals surface area contributed by atoms with E-state index in [4.69, 9.17) is 37.9 Å². The smallest absolute Gasteiger partial charge is 0.331 e. The first-order chi connectivity index (χ1) is 20.7. The highest BCUT2D eigenvalue weighted by atomic mass is 16.6. The van der Waals surface area contributed by atoms with Crippen molar-refractivity contribution in [1.82, 2.24) is 4.90 Å². The van der Waals surface area contributed by atoms with Gasteiger partial charge in [-0.3, -0.25) is 4.90 Å². The van der Waals surface area contributed by atoms with Crippen LogP contribution >= 0.6 is 0 Å². The van der Waals surface area contributed by atoms with Crippen molar-refractivity contribution in [2.45, 2.75) is 43.6 Å². The van der Waals surface area contributed by atoms with Gasteiger partial charge in [-0.1, -0.05) is 0 Å². The molecule has 2 heterocycles. The van der Waals surface area contributed by atoms with Crippen LogP contribution in [0, 0.1) is 0 Å². The first-order valence-electron chi connectivity index (χ1n) is 13.8. The lowest BCUT2D eigenvalue weighted by molar-refractivity contribution is -0.149. The Morgan fingerprint density at radius 3 is 1.51 bits per heavy atom. The van der Waals surface area contributed by atoms with Crippen LogP contribution in [0.15, 0.2) is 36.4 Å². The summed E-state index contributed by atoms with van der Waals surface area (Å²) in [5.41, 5.74) is 1.39. The Bertz CT molecular complexity index is 1320. The second kappa shape index (κ2) is 14.2. The number of ether oxygens (including phenoxy) is 8. The molecule has 4 atom stereocenters. The zero-order valence-electron chi connectivity index (χ0n) is 25.6. The number of hydrogen-bond donors (Lipinski definition) is 0. The maximum absolute atomic E-state index is 12.8. The molecule has 43 heavy (non-hydrogen) atoms. The van der Waals surface area contributed by atoms with Gasteiger partial charge in [0.25, 0.3) is 0 Å². The molecule has 2 aromatic rings. The highest BCUT2D eigenvalue weighted by Crippen LogP contribution is 2.40. The predicted molar refractivity (Wildman–Crippen MR) is 159 cm³/mol. The summed E-state index contributed by atoms with van der Waals surface area (Å²) in [6, 6.07) is 7.06. The van der Waals surface area contributed by atoms with Crippen molar-refractivity contribution in [2.24, 2.45) is 0 Å². The topological polar surface area (TPSA) is 111 Å². The Kier molecular flexibility index (Phi) is 10.4. The molecule has 4 rings (SSSR count). The number of methoxy groups -OCH3 is 6. The maximum atomic E-state index is 12.8. The van der Waals surface area contributed by atoms with Gasteiger partial charge in [-0.05, 0) is 54.6 Å². The van der Waals surface area contributed by atoms with E-state index < -0.39 is 11.9 Å². The largest absolute Gasteiger partial charge is 0.493 e. The Morgan fingerprint density at radius 2 is 1.09 bits per heavy atom. The number of likely N-dealkylation sites (N-methyl/N-ethyl adjacent to an activating group) is 1. The van der Waals surface area contributed by atoms with Crippen LogP contribution in [0.2, 0.25) is 0 Å². The number of carbonyl (C=O) groups is 2. The van der Waals surface area contributed by atoms with Crippen LogP contribution in [0.1, 0.15) is 30.4 Å². The van der Waals surface area contributed by atoms with Gasteiger partial charge in [0.2, 0.25) is 11.5 Å². The average Bonchev–Trinajstić information content (AvgIpc) is 3.17. The van der Waals surface area contributed by atoms with Crippen molar-refractivity contribution in [1.29, 1.82) is 0 Å². The number of rotatable bonds is 12. The summed E-state index contributed by atoms with van der Waals surface area (Å²) >= 11 is 0. The normalized spacial score (nSPS) is 21.5. The van der Waals surface area contributed by atoms with Crippen molar-refractivity contribution in [3.05, 3.63) is 47.5 Å². The molecule has 11 heteroatoms. The molecule has 2 aromatic carbocycles. The molecule has 2 aliphatic heterocycles. The summed E-state index contributed by atoms with van der Waals surface area (Å²) in [4.78, 5) is 27.7. The highest BCUT2D eigenvalue weighted by molar-refractivity contribution is 5.88. The molecule has 0 spiro atoms. The first-order valence-corrected chi connectivity index (χ1v) is 13.8. The number of carbonyl (C=O) groups excluding carboxylic acids is 2. The second-order valence-electron chi connectivity index (χ2n) is 10.2. The SMILES string of the molecule is COc1cc(/C=C/C(=O)O[C@H]2C[C@@H]3C[C@H](OC(=O)/C=C/c4cc(OC)c(OC)c(OC)c4)[C@H](C2)N3C)cc(OC)c1OC. The summed E-state index contributed by atoms with van der Waals surface area (Å²) < 4.78 is 43.9. The van der Waals surface area contributed by atoms with E-state index in [1.54, 1.807) is 36.4 Å². The summed E-state index contributed by atoms with van der Waals surface area (Å²) in [5.74, 6) is 1.98. The monoisotopic (exact) mass is 597 g/mol. The number of piperidine rings is 1. The molecule has 0 aliphatic carbocycles. The molecule has 2 bridgehead atoms. The molecule has 0 unspecified atom stereocenters. The van der Waals surface area contributed by atoms with E-state index in [1.165, 1.54) is 54.8 Å². The number of hydrogen-bond acceptors (Lipinski definition) is 11. The zero-order valence-corrected chi connectivity index (χ0v) is 25.6. The van der Waals surface area contributed by atoms with Gasteiger partial charge in [-0.2, -0.15) is 0 Å². The van der Waals surface area contributed by atoms with Gasteiger partial charge in [0.1, 0.15) is 12.2 Å². The highest BCUT2D eigenvalue weighted by Gasteiger charge is 2.47. The van der Waals surface area contributed by atoms with E-state index in [2.05, 4.69) is 4.90 Å². The van der Waals surface area contributed by atoms with Gasteiger partial charge in [-0.25, -0.2) is 9.59 Å². The van der Waals surface area contributed by atoms with Gasteiger partial charge >= 0.3 is 11.9 Å². The van der Waals surface area contributed by atoms with Gasteiger partial charge in [0.15, 0.2) is 23.0 Å². The minimum Gasteiger partial charge on any atom is -0.493 e. The number of fused-ring (bicyclic) bond motifs is 2. The van der Waals surface area contributed by atoms with Crippen molar-refractivity contribution in [2.75, 3.05) is 49.7 Å². The first kappa shape index (κ1) is 31.6. The molecule has 0 radical (unpaired) electrons. The van der Waals surface area contributed by atoms with E-state index >= 15 is 0 Å². The maximum Gasteiger partial charge on any atom is 0.331 e. The molecule has 0 N–H and O–H groups in total. The van der Waals surface area contributed by atoms with Gasteiger partial charge < -0.3 is 37.9 Å². The van der Waals surface area contributed by atoms with Crippen LogP contribution in [0.5, 0.6) is 34.5 Å². The summed E-state index contributed by atoms with van der Waals surface area (Å²) in [6.07, 6.45) is 7.33. The molecule has 2 fully saturated rings. The predicted octanol–water partition coefficient (Wildman–Crippen LogP) is 4.15. The lowest BCUT2D eigenvalue weighted by Gasteiger charge is -2.36. The Hall–Kier alpha value is -4.38. The second-order valence-corrected chi connectivity index (χ2v) is 10.2. The van der Waals surface area contributed by atoms with Crippen molar-refractivity contribution >= 4 is 24.1 Å². The molecule has 2 saturated heterocycles. The molecule has 0 saturated carbocycles. The van der Waals surface area contributed by atoms with E-state index in [9.17, 15) is 9.59 Å². The van der Waals surface area contributed by atoms with E-state index in [0.29, 0.717) is 64.9 Å². The van der Waals surface area contributed by atoms with Crippen LogP contribution in [0.25, 0.3) is 12.2 Å². The minimum absolute atomic E-state index is 0.0610. The number of esters is 2. The third-order valence-corrected chi connectivity index (χ3v) is 7.82. The minimum atomic E-state index is -0.457. The van der Waals surface area contributed by atoms with Gasteiger partial charge in [0, 0.05) is 37.5 Å². The van der Waals surface area contributed by atoms with Crippen molar-refractivity contribution < 1.29 is 47.5 Å². The van der Waals surface area contributed by atoms with Crippen LogP contribution in [-0.4, -0.2) is 90.8 Å². The molecular weight excluding hydrogens is 558 g/mol. The summed E-state index contributed by atoms with van der Waals surface area (Å²) in [5, 5.41) is 0. The summed E-state index contributed by atoms with van der Waals surface area (Å²) in [6.45, 7) is 0. The number of benzene rings is 2. The molecule has 0 aromatic heterocycles. The number of nitrogens with zero attached hydrogens (tertiary/aromatic N) is 1. The molecular formula is C32H39NO10. The van der Waals surface area contributed by atoms with Crippen molar-refractivity contribution in [3.63, 3.8) is 0 Å². The Labute approximate surface area is 251 Å². The molecule has 11 nitrogen and oxygen atoms in total. The van der Waals surface area contributed by atoms with Crippen molar-refractivity contribution in [3.8, 4) is 34.5 Å². The molecule has 2 aliphatic rings. The van der Waals surface area contributed by atoms with Gasteiger partial charge in [0.05, 0.1) is 48.7 Å². The Morgan fingerprint density at radius 1 is 0.651 bits per heavy atom. The van der Waals surface area contributed by atoms with Crippen LogP contribution < -0.4 is 28.4 Å². The average molecular weight is 598 g/mol. The van der Waals surface area contributed by atoms with E-state index in [1.807, 2.05) is 7.05 Å². The fraction of sp³-hybridized carbons (Fsp3) is 0.438. The fourth-order valence-corrected chi connectivity index (χ4v) is 5.71. The summed E-state index contributed by atoms with van der Waals surface area (Å²) in [7, 11) is 11.2. The van der Waals surface area contributed by atoms with Crippen LogP contribution in [0.4, 0.5) is 0 Å². The quantitative estimate of drug-likeness (QED) is 0.260. The molecule has 232 valence electrons.